The molecule has 1 aromatic heterocycles. The highest BCUT2D eigenvalue weighted by Gasteiger charge is 2.13. The average molecular weight is 410 g/mol. The molecule has 0 aliphatic heterocycles. The van der Waals surface area contributed by atoms with E-state index in [1.165, 1.54) is 0 Å². The van der Waals surface area contributed by atoms with Crippen molar-refractivity contribution in [3.05, 3.63) is 45.3 Å². The smallest absolute Gasteiger partial charge is 0.141 e. The lowest BCUT2D eigenvalue weighted by Gasteiger charge is -2.08. The fraction of sp³-hybridized carbons (Fsp3) is 0.188. The topological polar surface area (TPSA) is 38.0 Å². The number of aromatic hydroxyl groups is 1. The van der Waals surface area contributed by atoms with E-state index in [1.807, 2.05) is 24.3 Å². The van der Waals surface area contributed by atoms with Crippen LogP contribution in [0.25, 0.3) is 22.4 Å². The highest BCUT2D eigenvalue weighted by molar-refractivity contribution is 9.10. The van der Waals surface area contributed by atoms with Crippen molar-refractivity contribution in [2.45, 2.75) is 19.9 Å². The molecule has 0 unspecified atom stereocenters. The zero-order valence-electron chi connectivity index (χ0n) is 11.5. The molecule has 0 aliphatic carbocycles. The van der Waals surface area contributed by atoms with Gasteiger partial charge in [0.2, 0.25) is 0 Å². The van der Waals surface area contributed by atoms with E-state index in [0.29, 0.717) is 4.47 Å². The number of aryl methyl sites for hydroxylation is 1. The number of hydrogen-bond acceptors (Lipinski definition) is 2. The summed E-state index contributed by atoms with van der Waals surface area (Å²) in [6.07, 6.45) is 1.02. The normalized spacial score (nSPS) is 11.2. The molecule has 21 heavy (non-hydrogen) atoms. The molecule has 0 aliphatic rings. The van der Waals surface area contributed by atoms with Crippen LogP contribution in [0.1, 0.15) is 13.3 Å². The Bertz CT molecular complexity index is 811. The maximum atomic E-state index is 9.91. The van der Waals surface area contributed by atoms with Gasteiger partial charge in [-0.25, -0.2) is 4.98 Å². The molecular weight excluding hydrogens is 396 g/mol. The summed E-state index contributed by atoms with van der Waals surface area (Å²) in [5.74, 6) is 1.11. The summed E-state index contributed by atoms with van der Waals surface area (Å²) < 4.78 is 3.90. The Hall–Kier alpha value is -1.33. The highest BCUT2D eigenvalue weighted by atomic mass is 79.9. The van der Waals surface area contributed by atoms with Crippen molar-refractivity contribution >= 4 is 42.9 Å². The van der Waals surface area contributed by atoms with Crippen molar-refractivity contribution in [2.24, 2.45) is 0 Å². The second-order valence-electron chi connectivity index (χ2n) is 4.89. The molecule has 3 rings (SSSR count). The number of fused-ring (bicyclic) bond motifs is 1. The van der Waals surface area contributed by atoms with Crippen LogP contribution >= 0.6 is 31.9 Å². The fourth-order valence-corrected chi connectivity index (χ4v) is 3.02. The minimum atomic E-state index is 0.226. The zero-order chi connectivity index (χ0) is 15.0. The molecule has 1 N–H and O–H groups in total. The zero-order valence-corrected chi connectivity index (χ0v) is 14.6. The van der Waals surface area contributed by atoms with Crippen molar-refractivity contribution in [2.75, 3.05) is 0 Å². The number of phenolic OH excluding ortho intramolecular Hbond substituents is 1. The van der Waals surface area contributed by atoms with E-state index in [2.05, 4.69) is 49.4 Å². The summed E-state index contributed by atoms with van der Waals surface area (Å²) in [6.45, 7) is 3.04. The van der Waals surface area contributed by atoms with Gasteiger partial charge in [-0.3, -0.25) is 0 Å². The van der Waals surface area contributed by atoms with Crippen molar-refractivity contribution in [3.8, 4) is 17.1 Å². The summed E-state index contributed by atoms with van der Waals surface area (Å²) in [5, 5.41) is 9.91. The molecule has 0 atom stereocenters. The van der Waals surface area contributed by atoms with Gasteiger partial charge >= 0.3 is 0 Å². The fourth-order valence-electron chi connectivity index (χ4n) is 2.43. The lowest BCUT2D eigenvalue weighted by molar-refractivity contribution is 0.472. The summed E-state index contributed by atoms with van der Waals surface area (Å²) in [6, 6.07) is 11.7. The largest absolute Gasteiger partial charge is 0.507 e. The summed E-state index contributed by atoms with van der Waals surface area (Å²) in [4.78, 5) is 4.74. The van der Waals surface area contributed by atoms with E-state index in [9.17, 15) is 5.11 Å². The van der Waals surface area contributed by atoms with Gasteiger partial charge in [0, 0.05) is 16.6 Å². The number of phenols is 1. The summed E-state index contributed by atoms with van der Waals surface area (Å²) >= 11 is 6.80. The summed E-state index contributed by atoms with van der Waals surface area (Å²) in [7, 11) is 0. The Kier molecular flexibility index (Phi) is 4.04. The van der Waals surface area contributed by atoms with Crippen LogP contribution in [0.4, 0.5) is 0 Å². The Labute approximate surface area is 139 Å². The van der Waals surface area contributed by atoms with Crippen molar-refractivity contribution in [1.82, 2.24) is 9.55 Å². The molecule has 5 heteroatoms. The van der Waals surface area contributed by atoms with Crippen LogP contribution in [0.15, 0.2) is 45.3 Å². The number of benzene rings is 2. The number of hydrogen-bond donors (Lipinski definition) is 1. The number of aromatic nitrogens is 2. The first-order valence-electron chi connectivity index (χ1n) is 6.75. The maximum absolute atomic E-state index is 9.91. The van der Waals surface area contributed by atoms with E-state index in [-0.39, 0.29) is 5.75 Å². The predicted octanol–water partition coefficient (Wildman–Crippen LogP) is 5.34. The number of nitrogens with zero attached hydrogens (tertiary/aromatic N) is 2. The van der Waals surface area contributed by atoms with E-state index < -0.39 is 0 Å². The van der Waals surface area contributed by atoms with Crippen LogP contribution in [0.3, 0.4) is 0 Å². The van der Waals surface area contributed by atoms with Gasteiger partial charge in [0.25, 0.3) is 0 Å². The number of halogens is 2. The second-order valence-corrected chi connectivity index (χ2v) is 6.66. The van der Waals surface area contributed by atoms with Gasteiger partial charge in [-0.1, -0.05) is 22.9 Å². The third kappa shape index (κ3) is 2.72. The molecule has 0 fully saturated rings. The van der Waals surface area contributed by atoms with E-state index in [1.54, 1.807) is 6.07 Å². The Morgan fingerprint density at radius 1 is 1.14 bits per heavy atom. The second kappa shape index (κ2) is 5.81. The molecule has 0 radical (unpaired) electrons. The van der Waals surface area contributed by atoms with Gasteiger partial charge in [0.05, 0.1) is 15.5 Å². The van der Waals surface area contributed by atoms with Gasteiger partial charge < -0.3 is 9.67 Å². The molecule has 3 aromatic rings. The standard InChI is InChI=1S/C16H14Br2N2O/c1-2-7-20-14-6-4-11(17)9-13(14)19-16(20)10-3-5-12(18)15(21)8-10/h3-6,8-9,21H,2,7H2,1H3. The first-order chi connectivity index (χ1) is 10.1. The van der Waals surface area contributed by atoms with Gasteiger partial charge in [-0.15, -0.1) is 0 Å². The van der Waals surface area contributed by atoms with Crippen molar-refractivity contribution < 1.29 is 5.11 Å². The van der Waals surface area contributed by atoms with Gasteiger partial charge in [0.15, 0.2) is 0 Å². The number of imidazole rings is 1. The van der Waals surface area contributed by atoms with Gasteiger partial charge in [-0.05, 0) is 58.7 Å². The minimum absolute atomic E-state index is 0.226. The van der Waals surface area contributed by atoms with Crippen LogP contribution < -0.4 is 0 Å². The van der Waals surface area contributed by atoms with Gasteiger partial charge in [-0.2, -0.15) is 0 Å². The average Bonchev–Trinajstić information content (AvgIpc) is 2.80. The molecule has 2 aromatic carbocycles. The Balaban J connectivity index is 2.24. The van der Waals surface area contributed by atoms with Crippen molar-refractivity contribution in [1.29, 1.82) is 0 Å². The van der Waals surface area contributed by atoms with Crippen LogP contribution in [-0.2, 0) is 6.54 Å². The minimum Gasteiger partial charge on any atom is -0.507 e. The summed E-state index contributed by atoms with van der Waals surface area (Å²) in [5.41, 5.74) is 2.98. The number of rotatable bonds is 3. The maximum Gasteiger partial charge on any atom is 0.141 e. The first kappa shape index (κ1) is 14.6. The molecular formula is C16H14Br2N2O. The van der Waals surface area contributed by atoms with Crippen LogP contribution in [0.2, 0.25) is 0 Å². The van der Waals surface area contributed by atoms with E-state index >= 15 is 0 Å². The molecule has 0 bridgehead atoms. The third-order valence-corrected chi connectivity index (χ3v) is 4.53. The van der Waals surface area contributed by atoms with Crippen molar-refractivity contribution in [3.63, 3.8) is 0 Å². The SMILES string of the molecule is CCCn1c(-c2ccc(Br)c(O)c2)nc2cc(Br)ccc21. The Morgan fingerprint density at radius 3 is 2.67 bits per heavy atom. The molecule has 0 saturated heterocycles. The lowest BCUT2D eigenvalue weighted by atomic mass is 10.2. The molecule has 108 valence electrons. The molecule has 0 spiro atoms. The predicted molar refractivity (Wildman–Crippen MR) is 92.5 cm³/mol. The molecule has 0 amide bonds. The molecule has 3 nitrogen and oxygen atoms in total. The van der Waals surface area contributed by atoms with E-state index in [0.717, 1.165) is 39.9 Å². The molecule has 1 heterocycles. The third-order valence-electron chi connectivity index (χ3n) is 3.36. The van der Waals surface area contributed by atoms with Crippen LogP contribution in [-0.4, -0.2) is 14.7 Å². The van der Waals surface area contributed by atoms with E-state index in [4.69, 9.17) is 4.98 Å². The lowest BCUT2D eigenvalue weighted by Crippen LogP contribution is -1.99. The van der Waals surface area contributed by atoms with Crippen LogP contribution in [0.5, 0.6) is 5.75 Å². The molecule has 0 saturated carbocycles. The van der Waals surface area contributed by atoms with Gasteiger partial charge in [0.1, 0.15) is 11.6 Å². The quantitative estimate of drug-likeness (QED) is 0.633. The van der Waals surface area contributed by atoms with Crippen LogP contribution in [0, 0.1) is 0 Å². The highest BCUT2D eigenvalue weighted by Crippen LogP contribution is 2.32. The first-order valence-corrected chi connectivity index (χ1v) is 8.33. The monoisotopic (exact) mass is 408 g/mol. The Morgan fingerprint density at radius 2 is 1.95 bits per heavy atom.